The fraction of sp³-hybridized carbons (Fsp3) is 0.167. The van der Waals surface area contributed by atoms with Crippen molar-refractivity contribution < 1.29 is 22.7 Å². The molecule has 3 aromatic rings. The molecule has 0 spiro atoms. The van der Waals surface area contributed by atoms with Crippen LogP contribution in [0.2, 0.25) is 0 Å². The number of hydrogen-bond donors (Lipinski definition) is 3. The first-order valence-electron chi connectivity index (χ1n) is 10.2. The Balaban J connectivity index is 1.52. The van der Waals surface area contributed by atoms with Gasteiger partial charge in [-0.05, 0) is 54.4 Å². The van der Waals surface area contributed by atoms with Crippen molar-refractivity contribution >= 4 is 27.5 Å². The Hall–Kier alpha value is -3.69. The van der Waals surface area contributed by atoms with Crippen molar-refractivity contribution in [3.63, 3.8) is 0 Å². The molecule has 1 unspecified atom stereocenters. The number of sulfonamides is 1. The van der Waals surface area contributed by atoms with E-state index in [-0.39, 0.29) is 29.9 Å². The zero-order valence-electron chi connectivity index (χ0n) is 18.0. The highest BCUT2D eigenvalue weighted by Crippen LogP contribution is 2.19. The number of anilines is 1. The van der Waals surface area contributed by atoms with Crippen LogP contribution in [0.4, 0.5) is 5.69 Å². The molecular weight excluding hydrogens is 442 g/mol. The van der Waals surface area contributed by atoms with E-state index in [1.807, 2.05) is 30.3 Å². The first-order valence-corrected chi connectivity index (χ1v) is 11.7. The van der Waals surface area contributed by atoms with E-state index in [0.29, 0.717) is 11.4 Å². The van der Waals surface area contributed by atoms with Gasteiger partial charge in [0, 0.05) is 11.7 Å². The van der Waals surface area contributed by atoms with Gasteiger partial charge < -0.3 is 15.8 Å². The van der Waals surface area contributed by atoms with Gasteiger partial charge in [-0.25, -0.2) is 13.1 Å². The zero-order valence-corrected chi connectivity index (χ0v) is 18.8. The smallest absolute Gasteiger partial charge is 0.262 e. The van der Waals surface area contributed by atoms with E-state index in [0.717, 1.165) is 11.1 Å². The molecule has 0 bridgehead atoms. The van der Waals surface area contributed by atoms with Gasteiger partial charge in [0.05, 0.1) is 11.3 Å². The third-order valence-corrected chi connectivity index (χ3v) is 6.31. The van der Waals surface area contributed by atoms with Crippen LogP contribution in [-0.2, 0) is 26.0 Å². The Bertz CT molecular complexity index is 1200. The highest BCUT2D eigenvalue weighted by Gasteiger charge is 2.18. The summed E-state index contributed by atoms with van der Waals surface area (Å²) >= 11 is 0. The van der Waals surface area contributed by atoms with Gasteiger partial charge in [-0.3, -0.25) is 9.59 Å². The molecule has 0 aromatic heterocycles. The Morgan fingerprint density at radius 3 is 2.18 bits per heavy atom. The van der Waals surface area contributed by atoms with Crippen molar-refractivity contribution in [2.24, 2.45) is 5.73 Å². The number of hydrogen-bond acceptors (Lipinski definition) is 5. The predicted molar refractivity (Wildman–Crippen MR) is 125 cm³/mol. The lowest BCUT2D eigenvalue weighted by molar-refractivity contribution is -0.118. The minimum absolute atomic E-state index is 0.0955. The molecular formula is C24H25N3O5S. The number of carbonyl (C=O) groups excluding carboxylic acids is 2. The third-order valence-electron chi connectivity index (χ3n) is 4.75. The molecule has 0 saturated heterocycles. The quantitative estimate of drug-likeness (QED) is 0.422. The SMILES string of the molecule is CC(NS(=O)(=O)c1ccc(OCC(=O)Nc2ccc(CC(N)=O)cc2)cc1)c1ccccc1. The standard InChI is InChI=1S/C24H25N3O5S/c1-17(19-5-3-2-4-6-19)27-33(30,31)22-13-11-21(12-14-22)32-16-24(29)26-20-9-7-18(8-10-20)15-23(25)28/h2-14,17,27H,15-16H2,1H3,(H2,25,28)(H,26,29). The number of nitrogens with two attached hydrogens (primary N) is 1. The van der Waals surface area contributed by atoms with Crippen LogP contribution >= 0.6 is 0 Å². The first-order chi connectivity index (χ1) is 15.7. The van der Waals surface area contributed by atoms with Crippen LogP contribution in [0.1, 0.15) is 24.1 Å². The van der Waals surface area contributed by atoms with Gasteiger partial charge in [0.25, 0.3) is 5.91 Å². The van der Waals surface area contributed by atoms with E-state index in [4.69, 9.17) is 10.5 Å². The molecule has 0 saturated carbocycles. The van der Waals surface area contributed by atoms with Crippen LogP contribution in [-0.4, -0.2) is 26.8 Å². The summed E-state index contributed by atoms with van der Waals surface area (Å²) in [5.41, 5.74) is 7.31. The number of rotatable bonds is 10. The number of nitrogens with one attached hydrogen (secondary N) is 2. The summed E-state index contributed by atoms with van der Waals surface area (Å²) in [4.78, 5) is 23.1. The molecule has 4 N–H and O–H groups in total. The van der Waals surface area contributed by atoms with Gasteiger partial charge in [-0.15, -0.1) is 0 Å². The van der Waals surface area contributed by atoms with Crippen molar-refractivity contribution in [1.82, 2.24) is 4.72 Å². The number of benzene rings is 3. The molecule has 172 valence electrons. The van der Waals surface area contributed by atoms with Crippen molar-refractivity contribution in [3.8, 4) is 5.75 Å². The number of amides is 2. The van der Waals surface area contributed by atoms with Gasteiger partial charge in [-0.2, -0.15) is 0 Å². The first kappa shape index (κ1) is 24.0. The van der Waals surface area contributed by atoms with Crippen molar-refractivity contribution in [3.05, 3.63) is 90.0 Å². The summed E-state index contributed by atoms with van der Waals surface area (Å²) in [6.07, 6.45) is 0.129. The average Bonchev–Trinajstić information content (AvgIpc) is 2.79. The minimum Gasteiger partial charge on any atom is -0.484 e. The summed E-state index contributed by atoms with van der Waals surface area (Å²) in [5, 5.41) is 2.68. The summed E-state index contributed by atoms with van der Waals surface area (Å²) < 4.78 is 33.4. The maximum Gasteiger partial charge on any atom is 0.262 e. The molecule has 3 aromatic carbocycles. The molecule has 0 fully saturated rings. The Morgan fingerprint density at radius 1 is 0.939 bits per heavy atom. The van der Waals surface area contributed by atoms with E-state index in [2.05, 4.69) is 10.0 Å². The van der Waals surface area contributed by atoms with Crippen LogP contribution in [0.25, 0.3) is 0 Å². The zero-order chi connectivity index (χ0) is 23.8. The second-order valence-electron chi connectivity index (χ2n) is 7.40. The summed E-state index contributed by atoms with van der Waals surface area (Å²) in [6, 6.07) is 21.4. The van der Waals surface area contributed by atoms with Crippen LogP contribution in [0.5, 0.6) is 5.75 Å². The molecule has 9 heteroatoms. The van der Waals surface area contributed by atoms with E-state index >= 15 is 0 Å². The van der Waals surface area contributed by atoms with Crippen LogP contribution in [0, 0.1) is 0 Å². The van der Waals surface area contributed by atoms with Gasteiger partial charge in [-0.1, -0.05) is 42.5 Å². The lowest BCUT2D eigenvalue weighted by Crippen LogP contribution is -2.26. The van der Waals surface area contributed by atoms with Crippen LogP contribution in [0.3, 0.4) is 0 Å². The molecule has 2 amide bonds. The number of primary amides is 1. The van der Waals surface area contributed by atoms with Gasteiger partial charge in [0.1, 0.15) is 5.75 Å². The van der Waals surface area contributed by atoms with Gasteiger partial charge in [0.15, 0.2) is 6.61 Å². The molecule has 0 aliphatic rings. The average molecular weight is 468 g/mol. The molecule has 0 aliphatic heterocycles. The summed E-state index contributed by atoms with van der Waals surface area (Å²) in [7, 11) is -3.72. The summed E-state index contributed by atoms with van der Waals surface area (Å²) in [5.74, 6) is -0.454. The van der Waals surface area contributed by atoms with E-state index in [1.54, 1.807) is 31.2 Å². The molecule has 0 radical (unpaired) electrons. The lowest BCUT2D eigenvalue weighted by Gasteiger charge is -2.15. The fourth-order valence-corrected chi connectivity index (χ4v) is 4.31. The normalized spacial score (nSPS) is 12.0. The Labute approximate surface area is 192 Å². The predicted octanol–water partition coefficient (Wildman–Crippen LogP) is 2.77. The maximum atomic E-state index is 12.6. The van der Waals surface area contributed by atoms with Gasteiger partial charge in [0.2, 0.25) is 15.9 Å². The molecule has 33 heavy (non-hydrogen) atoms. The monoisotopic (exact) mass is 467 g/mol. The van der Waals surface area contributed by atoms with E-state index < -0.39 is 15.9 Å². The molecule has 1 atom stereocenters. The van der Waals surface area contributed by atoms with Crippen LogP contribution in [0.15, 0.2) is 83.8 Å². The fourth-order valence-electron chi connectivity index (χ4n) is 3.08. The van der Waals surface area contributed by atoms with Crippen LogP contribution < -0.4 is 20.5 Å². The lowest BCUT2D eigenvalue weighted by atomic mass is 10.1. The second kappa shape index (κ2) is 10.8. The van der Waals surface area contributed by atoms with E-state index in [1.165, 1.54) is 24.3 Å². The van der Waals surface area contributed by atoms with Crippen molar-refractivity contribution in [2.75, 3.05) is 11.9 Å². The number of ether oxygens (including phenoxy) is 1. The molecule has 8 nitrogen and oxygen atoms in total. The second-order valence-corrected chi connectivity index (χ2v) is 9.12. The molecule has 3 rings (SSSR count). The highest BCUT2D eigenvalue weighted by atomic mass is 32.2. The Morgan fingerprint density at radius 2 is 1.58 bits per heavy atom. The maximum absolute atomic E-state index is 12.6. The largest absolute Gasteiger partial charge is 0.484 e. The molecule has 0 heterocycles. The van der Waals surface area contributed by atoms with Gasteiger partial charge >= 0.3 is 0 Å². The van der Waals surface area contributed by atoms with Crippen molar-refractivity contribution in [1.29, 1.82) is 0 Å². The number of carbonyl (C=O) groups is 2. The highest BCUT2D eigenvalue weighted by molar-refractivity contribution is 7.89. The Kier molecular flexibility index (Phi) is 7.81. The third kappa shape index (κ3) is 7.16. The molecule has 0 aliphatic carbocycles. The minimum atomic E-state index is -3.72. The topological polar surface area (TPSA) is 128 Å². The summed E-state index contributed by atoms with van der Waals surface area (Å²) in [6.45, 7) is 1.52. The van der Waals surface area contributed by atoms with E-state index in [9.17, 15) is 18.0 Å². The van der Waals surface area contributed by atoms with Crippen molar-refractivity contribution in [2.45, 2.75) is 24.3 Å².